The van der Waals surface area contributed by atoms with Gasteiger partial charge in [0.2, 0.25) is 0 Å². The summed E-state index contributed by atoms with van der Waals surface area (Å²) in [6.07, 6.45) is 0. The van der Waals surface area contributed by atoms with Gasteiger partial charge in [0, 0.05) is 21.1 Å². The van der Waals surface area contributed by atoms with Gasteiger partial charge in [-0.3, -0.25) is 0 Å². The van der Waals surface area contributed by atoms with Crippen LogP contribution in [0.5, 0.6) is 0 Å². The molecule has 0 amide bonds. The van der Waals surface area contributed by atoms with Crippen LogP contribution >= 0.6 is 0 Å². The van der Waals surface area contributed by atoms with Crippen LogP contribution in [-0.4, -0.2) is 51.4 Å². The van der Waals surface area contributed by atoms with Gasteiger partial charge in [-0.2, -0.15) is 0 Å². The van der Waals surface area contributed by atoms with Crippen molar-refractivity contribution < 1.29 is 52.9 Å². The topological polar surface area (TPSA) is 0 Å². The minimum absolute atomic E-state index is 0. The van der Waals surface area contributed by atoms with E-state index >= 15 is 0 Å². The van der Waals surface area contributed by atoms with Crippen molar-refractivity contribution in [1.82, 2.24) is 0 Å². The fourth-order valence-corrected chi connectivity index (χ4v) is 0. The third kappa shape index (κ3) is 9.13. The van der Waals surface area contributed by atoms with Crippen molar-refractivity contribution in [2.24, 2.45) is 0 Å². The minimum Gasteiger partial charge on any atom is 0 e. The monoisotopic (exact) mass is 491 g/mol. The van der Waals surface area contributed by atoms with Crippen LogP contribution < -0.4 is 0 Å². The Morgan fingerprint density at radius 1 is 1.25 bits per heavy atom. The van der Waals surface area contributed by atoms with E-state index in [1.165, 1.54) is 0 Å². The predicted molar refractivity (Wildman–Crippen MR) is 7.15 cm³/mol. The smallest absolute Gasteiger partial charge is 0 e. The van der Waals surface area contributed by atoms with Crippen molar-refractivity contribution in [3.8, 4) is 0 Å². The molecule has 0 aromatic heterocycles. The molecule has 0 aromatic carbocycles. The summed E-state index contributed by atoms with van der Waals surface area (Å²) in [5.74, 6) is 0. The zero-order valence-corrected chi connectivity index (χ0v) is 6.43. The molecule has 0 N–H and O–H groups in total. The van der Waals surface area contributed by atoms with Gasteiger partial charge in [0.15, 0.2) is 0 Å². The maximum absolute atomic E-state index is 3.51. The maximum atomic E-state index is 3.51. The van der Waals surface area contributed by atoms with Crippen LogP contribution in [0.25, 0.3) is 0 Å². The maximum Gasteiger partial charge on any atom is 0 e. The van der Waals surface area contributed by atoms with Gasteiger partial charge >= 0.3 is 83.2 Å². The van der Waals surface area contributed by atoms with Crippen LogP contribution in [0.1, 0.15) is 0 Å². The van der Waals surface area contributed by atoms with Crippen molar-refractivity contribution in [2.75, 3.05) is 0 Å². The number of hydrogen-bond donors (Lipinski definition) is 0. The van der Waals surface area contributed by atoms with Crippen molar-refractivity contribution in [3.05, 3.63) is 0 Å². The summed E-state index contributed by atoms with van der Waals surface area (Å²) in [6, 6.07) is 0. The Bertz CT molecular complexity index is 8.00. The molecule has 0 aromatic rings. The molecular weight excluding hydrogens is 490 g/mol. The van der Waals surface area contributed by atoms with Gasteiger partial charge in [-0.15, -0.1) is 0 Å². The van der Waals surface area contributed by atoms with Gasteiger partial charge in [0.05, 0.1) is 0 Å². The van der Waals surface area contributed by atoms with Gasteiger partial charge in [-0.1, -0.05) is 0 Å². The van der Waals surface area contributed by atoms with E-state index in [1.807, 2.05) is 19.0 Å². The average molecular weight is 491 g/mol. The van der Waals surface area contributed by atoms with Gasteiger partial charge in [0.1, 0.15) is 0 Å². The van der Waals surface area contributed by atoms with Crippen LogP contribution in [0.15, 0.2) is 0 Å². The molecule has 0 aliphatic heterocycles. The first-order valence-electron chi connectivity index (χ1n) is 0.101. The average Bonchev–Trinajstić information content (AvgIpc) is 1.00. The fraction of sp³-hybridized carbons (Fsp3) is 0. The molecule has 0 fully saturated rings. The standard InChI is InChI=1S/Au.Co.K.Pt.H. The number of hydrogen-bond acceptors (Lipinski definition) is 0. The number of rotatable bonds is 0. The van der Waals surface area contributed by atoms with Crippen molar-refractivity contribution in [1.29, 1.82) is 0 Å². The molecule has 4 heteroatoms. The molecule has 0 radical (unpaired) electrons. The van der Waals surface area contributed by atoms with Gasteiger partial charge in [-0.25, -0.2) is 0 Å². The van der Waals surface area contributed by atoms with E-state index in [1.54, 1.807) is 0 Å². The summed E-state index contributed by atoms with van der Waals surface area (Å²) in [5.41, 5.74) is 0. The second kappa shape index (κ2) is 16.0. The first kappa shape index (κ1) is 15.6. The van der Waals surface area contributed by atoms with Crippen LogP contribution in [0.2, 0.25) is 0 Å². The molecule has 0 nitrogen and oxygen atoms in total. The zero-order valence-electron chi connectivity index (χ0n) is 0.951. The first-order valence-corrected chi connectivity index (χ1v) is 3.39. The Labute approximate surface area is 101 Å². The van der Waals surface area contributed by atoms with Crippen LogP contribution in [-0.2, 0) is 52.9 Å². The molecule has 0 saturated heterocycles. The Hall–Kier alpha value is 3.57. The summed E-state index contributed by atoms with van der Waals surface area (Å²) in [7, 11) is 0. The molecule has 0 saturated carbocycles. The van der Waals surface area contributed by atoms with Gasteiger partial charge < -0.3 is 0 Å². The molecule has 0 heterocycles. The molecule has 4 heavy (non-hydrogen) atoms. The molecule has 0 rings (SSSR count). The van der Waals surface area contributed by atoms with Crippen LogP contribution in [0.4, 0.5) is 0 Å². The molecule has 0 bridgehead atoms. The Morgan fingerprint density at radius 2 is 1.25 bits per heavy atom. The minimum atomic E-state index is 0. The van der Waals surface area contributed by atoms with E-state index in [2.05, 4.69) is 12.9 Å². The molecule has 0 atom stereocenters. The summed E-state index contributed by atoms with van der Waals surface area (Å²) < 4.78 is 0. The van der Waals surface area contributed by atoms with Crippen molar-refractivity contribution in [3.63, 3.8) is 0 Å². The Balaban J connectivity index is -0.00000000500. The molecule has 0 aliphatic rings. The third-order valence-electron chi connectivity index (χ3n) is 0. The molecule has 32 valence electrons. The van der Waals surface area contributed by atoms with Crippen molar-refractivity contribution in [2.45, 2.75) is 0 Å². The third-order valence-corrected chi connectivity index (χ3v) is 0. The largest absolute Gasteiger partial charge is 0 e. The normalized spacial score (nSPS) is 2.00. The zero-order chi connectivity index (χ0) is 2.00. The predicted octanol–water partition coefficient (Wildman–Crippen LogP) is -0.656. The first-order chi connectivity index (χ1) is 1.00. The van der Waals surface area contributed by atoms with Gasteiger partial charge in [-0.05, 0) is 0 Å². The Kier molecular flexibility index (Phi) is 62.6. The van der Waals surface area contributed by atoms with E-state index in [9.17, 15) is 0 Å². The van der Waals surface area contributed by atoms with E-state index in [-0.39, 0.29) is 72.4 Å². The molecule has 0 aliphatic carbocycles. The van der Waals surface area contributed by atoms with Crippen LogP contribution in [0, 0.1) is 0 Å². The SMILES string of the molecule is [Co][Au].[KH].[Pt]. The van der Waals surface area contributed by atoms with Crippen molar-refractivity contribution >= 4 is 51.4 Å². The molecule has 0 spiro atoms. The quantitative estimate of drug-likeness (QED) is 0.396. The summed E-state index contributed by atoms with van der Waals surface area (Å²) >= 11 is 5.47. The summed E-state index contributed by atoms with van der Waals surface area (Å²) in [6.45, 7) is 0. The summed E-state index contributed by atoms with van der Waals surface area (Å²) in [5, 5.41) is 0. The molecule has 0 unspecified atom stereocenters. The van der Waals surface area contributed by atoms with Gasteiger partial charge in [0.25, 0.3) is 0 Å². The van der Waals surface area contributed by atoms with E-state index in [0.717, 1.165) is 0 Å². The van der Waals surface area contributed by atoms with Crippen LogP contribution in [0.3, 0.4) is 0 Å². The van der Waals surface area contributed by atoms with E-state index in [0.29, 0.717) is 0 Å². The second-order valence-corrected chi connectivity index (χ2v) is 0. The van der Waals surface area contributed by atoms with E-state index in [4.69, 9.17) is 0 Å². The molecular formula is HAuCoKPt. The summed E-state index contributed by atoms with van der Waals surface area (Å²) in [4.78, 5) is 0. The second-order valence-electron chi connectivity index (χ2n) is 0. The fourth-order valence-electron chi connectivity index (χ4n) is 0. The Morgan fingerprint density at radius 3 is 1.25 bits per heavy atom. The van der Waals surface area contributed by atoms with E-state index < -0.39 is 0 Å².